The molecule has 0 aliphatic rings. The minimum absolute atomic E-state index is 0.0825. The standard InChI is InChI=1S/C12H13F2NO3/c1-7(15-5-4-11(16)17)12(18)9-6-8(13)2-3-10(9)14/h2-3,6-7,15H,4-5H2,1H3,(H,16,17). The van der Waals surface area contributed by atoms with Crippen LogP contribution in [-0.4, -0.2) is 29.4 Å². The SMILES string of the molecule is CC(NCCC(=O)O)C(=O)c1cc(F)ccc1F. The number of carbonyl (C=O) groups is 2. The quantitative estimate of drug-likeness (QED) is 0.760. The number of nitrogens with one attached hydrogen (secondary N) is 1. The number of ketones is 1. The fourth-order valence-corrected chi connectivity index (χ4v) is 1.41. The highest BCUT2D eigenvalue weighted by atomic mass is 19.1. The molecule has 0 aromatic heterocycles. The zero-order chi connectivity index (χ0) is 13.7. The predicted octanol–water partition coefficient (Wildman–Crippen LogP) is 1.60. The maximum absolute atomic E-state index is 13.3. The van der Waals surface area contributed by atoms with Crippen molar-refractivity contribution in [1.82, 2.24) is 5.32 Å². The number of hydrogen-bond donors (Lipinski definition) is 2. The zero-order valence-corrected chi connectivity index (χ0v) is 9.74. The van der Waals surface area contributed by atoms with Gasteiger partial charge in [0.2, 0.25) is 0 Å². The normalized spacial score (nSPS) is 12.2. The minimum atomic E-state index is -1.00. The lowest BCUT2D eigenvalue weighted by atomic mass is 10.0. The first-order chi connectivity index (χ1) is 8.41. The monoisotopic (exact) mass is 257 g/mol. The first kappa shape index (κ1) is 14.2. The van der Waals surface area contributed by atoms with Crippen molar-refractivity contribution in [3.8, 4) is 0 Å². The van der Waals surface area contributed by atoms with Crippen LogP contribution in [0.25, 0.3) is 0 Å². The van der Waals surface area contributed by atoms with E-state index in [-0.39, 0.29) is 18.5 Å². The molecule has 0 radical (unpaired) electrons. The number of Topliss-reactive ketones (excluding diaryl/α,β-unsaturated/α-hetero) is 1. The maximum atomic E-state index is 13.3. The summed E-state index contributed by atoms with van der Waals surface area (Å²) < 4.78 is 26.2. The Morgan fingerprint density at radius 3 is 2.67 bits per heavy atom. The smallest absolute Gasteiger partial charge is 0.304 e. The summed E-state index contributed by atoms with van der Waals surface area (Å²) in [6.07, 6.45) is -0.150. The molecule has 0 saturated carbocycles. The first-order valence-electron chi connectivity index (χ1n) is 5.36. The Hall–Kier alpha value is -1.82. The van der Waals surface area contributed by atoms with Crippen molar-refractivity contribution in [2.75, 3.05) is 6.54 Å². The van der Waals surface area contributed by atoms with Crippen molar-refractivity contribution < 1.29 is 23.5 Å². The topological polar surface area (TPSA) is 66.4 Å². The van der Waals surface area contributed by atoms with Gasteiger partial charge in [-0.3, -0.25) is 9.59 Å². The molecular formula is C12H13F2NO3. The molecule has 0 aliphatic heterocycles. The zero-order valence-electron chi connectivity index (χ0n) is 9.74. The van der Waals surface area contributed by atoms with E-state index in [0.717, 1.165) is 18.2 Å². The highest BCUT2D eigenvalue weighted by Crippen LogP contribution is 2.12. The van der Waals surface area contributed by atoms with E-state index < -0.39 is 29.4 Å². The van der Waals surface area contributed by atoms with Gasteiger partial charge >= 0.3 is 5.97 Å². The summed E-state index contributed by atoms with van der Waals surface area (Å²) in [6.45, 7) is 1.55. The summed E-state index contributed by atoms with van der Waals surface area (Å²) >= 11 is 0. The molecule has 6 heteroatoms. The van der Waals surface area contributed by atoms with Crippen molar-refractivity contribution in [3.05, 3.63) is 35.4 Å². The van der Waals surface area contributed by atoms with Gasteiger partial charge in [-0.2, -0.15) is 0 Å². The van der Waals surface area contributed by atoms with Crippen LogP contribution < -0.4 is 5.32 Å². The average molecular weight is 257 g/mol. The van der Waals surface area contributed by atoms with E-state index in [1.807, 2.05) is 0 Å². The highest BCUT2D eigenvalue weighted by Gasteiger charge is 2.19. The molecule has 18 heavy (non-hydrogen) atoms. The van der Waals surface area contributed by atoms with E-state index in [4.69, 9.17) is 5.11 Å². The molecule has 4 nitrogen and oxygen atoms in total. The van der Waals surface area contributed by atoms with E-state index in [1.165, 1.54) is 6.92 Å². The van der Waals surface area contributed by atoms with E-state index in [0.29, 0.717) is 0 Å². The fourth-order valence-electron chi connectivity index (χ4n) is 1.41. The van der Waals surface area contributed by atoms with Crippen molar-refractivity contribution in [3.63, 3.8) is 0 Å². The summed E-state index contributed by atoms with van der Waals surface area (Å²) in [4.78, 5) is 22.1. The Labute approximate surface area is 103 Å². The maximum Gasteiger partial charge on any atom is 0.304 e. The summed E-state index contributed by atoms with van der Waals surface area (Å²) in [5, 5.41) is 11.1. The Kier molecular flexibility index (Phi) is 4.91. The minimum Gasteiger partial charge on any atom is -0.481 e. The van der Waals surface area contributed by atoms with Gasteiger partial charge in [-0.25, -0.2) is 8.78 Å². The molecule has 0 amide bonds. The molecule has 0 heterocycles. The van der Waals surface area contributed by atoms with Gasteiger partial charge in [0.25, 0.3) is 0 Å². The first-order valence-corrected chi connectivity index (χ1v) is 5.36. The van der Waals surface area contributed by atoms with Crippen LogP contribution in [-0.2, 0) is 4.79 Å². The second kappa shape index (κ2) is 6.20. The molecule has 98 valence electrons. The third-order valence-electron chi connectivity index (χ3n) is 2.38. The van der Waals surface area contributed by atoms with Crippen LogP contribution in [0.15, 0.2) is 18.2 Å². The second-order valence-corrected chi connectivity index (χ2v) is 3.81. The van der Waals surface area contributed by atoms with E-state index in [1.54, 1.807) is 0 Å². The summed E-state index contributed by atoms with van der Waals surface area (Å²) in [5.41, 5.74) is -0.342. The van der Waals surface area contributed by atoms with Crippen LogP contribution in [0.1, 0.15) is 23.7 Å². The van der Waals surface area contributed by atoms with Crippen molar-refractivity contribution in [2.24, 2.45) is 0 Å². The molecule has 1 aromatic rings. The van der Waals surface area contributed by atoms with Gasteiger partial charge in [-0.1, -0.05) is 0 Å². The van der Waals surface area contributed by atoms with Crippen LogP contribution in [0.2, 0.25) is 0 Å². The van der Waals surface area contributed by atoms with E-state index in [9.17, 15) is 18.4 Å². The van der Waals surface area contributed by atoms with Crippen LogP contribution in [0.4, 0.5) is 8.78 Å². The van der Waals surface area contributed by atoms with Gasteiger partial charge in [0.1, 0.15) is 11.6 Å². The fraction of sp³-hybridized carbons (Fsp3) is 0.333. The number of hydrogen-bond acceptors (Lipinski definition) is 3. The lowest BCUT2D eigenvalue weighted by Crippen LogP contribution is -2.35. The molecule has 1 atom stereocenters. The number of carboxylic acids is 1. The van der Waals surface area contributed by atoms with Crippen LogP contribution in [0.3, 0.4) is 0 Å². The Bertz CT molecular complexity index is 463. The number of aliphatic carboxylic acids is 1. The molecular weight excluding hydrogens is 244 g/mol. The van der Waals surface area contributed by atoms with Gasteiger partial charge in [0.05, 0.1) is 18.0 Å². The molecule has 1 unspecified atom stereocenters. The van der Waals surface area contributed by atoms with E-state index in [2.05, 4.69) is 5.32 Å². The van der Waals surface area contributed by atoms with Crippen LogP contribution >= 0.6 is 0 Å². The summed E-state index contributed by atoms with van der Waals surface area (Å²) in [6, 6.07) is 1.86. The van der Waals surface area contributed by atoms with Crippen LogP contribution in [0, 0.1) is 11.6 Å². The van der Waals surface area contributed by atoms with Gasteiger partial charge in [-0.05, 0) is 25.1 Å². The van der Waals surface area contributed by atoms with Gasteiger partial charge in [0, 0.05) is 6.54 Å². The largest absolute Gasteiger partial charge is 0.481 e. The molecule has 0 saturated heterocycles. The number of rotatable bonds is 6. The molecule has 0 spiro atoms. The highest BCUT2D eigenvalue weighted by molar-refractivity contribution is 6.00. The van der Waals surface area contributed by atoms with Crippen molar-refractivity contribution >= 4 is 11.8 Å². The molecule has 0 fully saturated rings. The molecule has 1 aromatic carbocycles. The number of carbonyl (C=O) groups excluding carboxylic acids is 1. The average Bonchev–Trinajstić information content (AvgIpc) is 2.30. The van der Waals surface area contributed by atoms with Crippen LogP contribution in [0.5, 0.6) is 0 Å². The van der Waals surface area contributed by atoms with Gasteiger partial charge in [-0.15, -0.1) is 0 Å². The number of carboxylic acid groups (broad SMARTS) is 1. The Balaban J connectivity index is 2.68. The number of halogens is 2. The summed E-state index contributed by atoms with van der Waals surface area (Å²) in [5.74, 6) is -3.11. The predicted molar refractivity (Wildman–Crippen MR) is 60.4 cm³/mol. The third-order valence-corrected chi connectivity index (χ3v) is 2.38. The summed E-state index contributed by atoms with van der Waals surface area (Å²) in [7, 11) is 0. The third kappa shape index (κ3) is 3.89. The Morgan fingerprint density at radius 1 is 1.39 bits per heavy atom. The second-order valence-electron chi connectivity index (χ2n) is 3.81. The lowest BCUT2D eigenvalue weighted by molar-refractivity contribution is -0.136. The lowest BCUT2D eigenvalue weighted by Gasteiger charge is -2.12. The molecule has 0 aliphatic carbocycles. The van der Waals surface area contributed by atoms with E-state index >= 15 is 0 Å². The van der Waals surface area contributed by atoms with Gasteiger partial charge in [0.15, 0.2) is 5.78 Å². The Morgan fingerprint density at radius 2 is 2.06 bits per heavy atom. The van der Waals surface area contributed by atoms with Crippen molar-refractivity contribution in [1.29, 1.82) is 0 Å². The number of benzene rings is 1. The molecule has 2 N–H and O–H groups in total. The van der Waals surface area contributed by atoms with Crippen molar-refractivity contribution in [2.45, 2.75) is 19.4 Å². The molecule has 0 bridgehead atoms. The van der Waals surface area contributed by atoms with Gasteiger partial charge < -0.3 is 10.4 Å². The molecule has 1 rings (SSSR count).